The number of ether oxygens (including phenoxy) is 4. The van der Waals surface area contributed by atoms with Crippen LogP contribution >= 0.6 is 0 Å². The lowest BCUT2D eigenvalue weighted by Gasteiger charge is -2.57. The first kappa shape index (κ1) is 51.1. The molecule has 6 heterocycles. The molecule has 3 saturated heterocycles. The molecule has 1 spiro atoms. The third-order valence-corrected chi connectivity index (χ3v) is 16.5. The highest BCUT2D eigenvalue weighted by atomic mass is 32.2. The van der Waals surface area contributed by atoms with Crippen molar-refractivity contribution in [1.82, 2.24) is 24.6 Å². The van der Waals surface area contributed by atoms with Crippen molar-refractivity contribution < 1.29 is 42.2 Å². The summed E-state index contributed by atoms with van der Waals surface area (Å²) in [6.07, 6.45) is 10.4. The van der Waals surface area contributed by atoms with Gasteiger partial charge >= 0.3 is 5.69 Å². The van der Waals surface area contributed by atoms with Crippen LogP contribution in [0.4, 0.5) is 17.2 Å². The van der Waals surface area contributed by atoms with E-state index in [0.717, 1.165) is 57.0 Å². The van der Waals surface area contributed by atoms with Crippen molar-refractivity contribution in [1.29, 1.82) is 0 Å². The summed E-state index contributed by atoms with van der Waals surface area (Å²) in [7, 11) is -4.70. The third kappa shape index (κ3) is 11.5. The molecule has 18 nitrogen and oxygen atoms in total. The highest BCUT2D eigenvalue weighted by Gasteiger charge is 2.49. The summed E-state index contributed by atoms with van der Waals surface area (Å²) >= 11 is 0. The second-order valence-corrected chi connectivity index (χ2v) is 22.3. The minimum Gasteiger partial charge on any atom is -0.472 e. The van der Waals surface area contributed by atoms with E-state index in [1.807, 2.05) is 13.0 Å². The van der Waals surface area contributed by atoms with Gasteiger partial charge in [0.15, 0.2) is 5.75 Å². The number of anilines is 2. The fourth-order valence-electron chi connectivity index (χ4n) is 10.9. The van der Waals surface area contributed by atoms with Crippen molar-refractivity contribution in [3.63, 3.8) is 0 Å². The number of carbonyl (C=O) groups is 1. The van der Waals surface area contributed by atoms with Gasteiger partial charge in [-0.15, -0.1) is 0 Å². The molecule has 386 valence electrons. The number of likely N-dealkylation sites (tertiary alicyclic amines) is 1. The summed E-state index contributed by atoms with van der Waals surface area (Å²) in [5, 5.41) is 26.1. The third-order valence-electron chi connectivity index (χ3n) is 15.2. The maximum Gasteiger partial charge on any atom is 0.312 e. The number of nitro groups is 1. The topological polar surface area (TPSA) is 224 Å². The number of hydrogen-bond acceptors (Lipinski definition) is 15. The zero-order valence-electron chi connectivity index (χ0n) is 41.7. The van der Waals surface area contributed by atoms with Gasteiger partial charge in [0, 0.05) is 68.2 Å². The summed E-state index contributed by atoms with van der Waals surface area (Å²) in [6.45, 7) is 13.6. The quantitative estimate of drug-likeness (QED) is 0.0325. The molecule has 4 aliphatic rings. The molecule has 1 amide bonds. The summed E-state index contributed by atoms with van der Waals surface area (Å²) in [5.74, 6) is 0.243. The Hall–Kier alpha value is -5.86. The number of aliphatic hydroxyl groups is 1. The Morgan fingerprint density at radius 2 is 1.88 bits per heavy atom. The van der Waals surface area contributed by atoms with E-state index >= 15 is 0 Å². The van der Waals surface area contributed by atoms with Gasteiger partial charge in [-0.1, -0.05) is 51.5 Å². The number of carbonyl (C=O) groups excluding carboxylic acids is 1. The van der Waals surface area contributed by atoms with Gasteiger partial charge in [-0.05, 0) is 111 Å². The van der Waals surface area contributed by atoms with Gasteiger partial charge in [0.1, 0.15) is 29.0 Å². The van der Waals surface area contributed by atoms with Crippen molar-refractivity contribution in [2.24, 2.45) is 5.41 Å². The van der Waals surface area contributed by atoms with Crippen molar-refractivity contribution in [2.75, 3.05) is 69.4 Å². The monoisotopic (exact) mass is 1010 g/mol. The summed E-state index contributed by atoms with van der Waals surface area (Å²) in [6, 6.07) is 19.0. The van der Waals surface area contributed by atoms with Crippen LogP contribution in [0.2, 0.25) is 0 Å². The number of nitrogens with one attached hydrogen (secondary N) is 3. The van der Waals surface area contributed by atoms with Crippen LogP contribution in [0.15, 0.2) is 78.0 Å². The van der Waals surface area contributed by atoms with E-state index in [9.17, 15) is 28.4 Å². The summed E-state index contributed by atoms with van der Waals surface area (Å²) < 4.78 is 54.1. The van der Waals surface area contributed by atoms with Crippen LogP contribution in [0, 0.1) is 15.5 Å². The summed E-state index contributed by atoms with van der Waals surface area (Å²) in [5.41, 5.74) is 3.05. The van der Waals surface area contributed by atoms with Crippen molar-refractivity contribution in [2.45, 2.75) is 120 Å². The summed E-state index contributed by atoms with van der Waals surface area (Å²) in [4.78, 5) is 42.0. The Morgan fingerprint density at radius 3 is 2.62 bits per heavy atom. The number of benzene rings is 2. The molecule has 72 heavy (non-hydrogen) atoms. The molecule has 0 unspecified atom stereocenters. The van der Waals surface area contributed by atoms with E-state index in [2.05, 4.69) is 72.9 Å². The number of sulfonamides is 1. The van der Waals surface area contributed by atoms with Gasteiger partial charge in [0.25, 0.3) is 21.8 Å². The van der Waals surface area contributed by atoms with Gasteiger partial charge in [-0.25, -0.2) is 18.1 Å². The lowest BCUT2D eigenvalue weighted by molar-refractivity contribution is -0.384. The van der Waals surface area contributed by atoms with Crippen LogP contribution in [0.1, 0.15) is 119 Å². The van der Waals surface area contributed by atoms with Crippen LogP contribution in [-0.4, -0.2) is 121 Å². The number of unbranched alkanes of at least 4 members (excludes halogenated alkanes) is 1. The molecule has 3 aromatic heterocycles. The van der Waals surface area contributed by atoms with Crippen LogP contribution in [-0.2, 0) is 19.5 Å². The Kier molecular flexibility index (Phi) is 15.4. The number of aromatic nitrogens is 3. The van der Waals surface area contributed by atoms with E-state index in [1.54, 1.807) is 31.3 Å². The molecule has 5 aromatic rings. The first-order valence-corrected chi connectivity index (χ1v) is 27.0. The van der Waals surface area contributed by atoms with E-state index in [1.165, 1.54) is 36.5 Å². The number of rotatable bonds is 20. The van der Waals surface area contributed by atoms with E-state index in [0.29, 0.717) is 81.0 Å². The second-order valence-electron chi connectivity index (χ2n) is 20.6. The predicted molar refractivity (Wildman–Crippen MR) is 274 cm³/mol. The van der Waals surface area contributed by atoms with Gasteiger partial charge in [-0.3, -0.25) is 19.8 Å². The molecular weight excluding hydrogens is 941 g/mol. The minimum absolute atomic E-state index is 0.0483. The highest BCUT2D eigenvalue weighted by molar-refractivity contribution is 7.90. The molecule has 0 bridgehead atoms. The number of piperidine rings is 1. The van der Waals surface area contributed by atoms with Gasteiger partial charge in [0.05, 0.1) is 42.1 Å². The van der Waals surface area contributed by atoms with Gasteiger partial charge in [0.2, 0.25) is 5.82 Å². The molecule has 4 atom stereocenters. The molecule has 2 aromatic carbocycles. The Balaban J connectivity index is 0.937. The number of aromatic amines is 1. The van der Waals surface area contributed by atoms with Crippen LogP contribution in [0.5, 0.6) is 17.4 Å². The number of hydrogen-bond donors (Lipinski definition) is 4. The Bertz CT molecular complexity index is 2830. The molecule has 19 heteroatoms. The van der Waals surface area contributed by atoms with Gasteiger partial charge < -0.3 is 39.3 Å². The average molecular weight is 1010 g/mol. The van der Waals surface area contributed by atoms with Crippen molar-refractivity contribution in [3.8, 4) is 17.4 Å². The Morgan fingerprint density at radius 1 is 1.07 bits per heavy atom. The minimum atomic E-state index is -4.70. The zero-order chi connectivity index (χ0) is 50.6. The normalized spacial score (nSPS) is 21.1. The van der Waals surface area contributed by atoms with E-state index < -0.39 is 37.0 Å². The lowest BCUT2D eigenvalue weighted by atomic mass is 9.70. The van der Waals surface area contributed by atoms with Crippen LogP contribution < -0.4 is 24.4 Å². The second kappa shape index (κ2) is 21.7. The maximum atomic E-state index is 14.3. The van der Waals surface area contributed by atoms with Gasteiger partial charge in [-0.2, -0.15) is 4.98 Å². The van der Waals surface area contributed by atoms with Crippen LogP contribution in [0.25, 0.3) is 11.0 Å². The number of fused-ring (bicyclic) bond motifs is 1. The Labute approximate surface area is 421 Å². The standard InChI is InChI=1S/C53H68N8O10S/c1-5-52(4,63)18-8-9-21-54-49-45(61(64)65)29-39(30-56-49)72(66,67)58-50(62)43-16-15-37(28-46(43)71-47-27-36-17-22-55-48(36)57-51(47)70-32-38-31-68-25-26-69-38)59-23-19-53(20-24-59)33-60(34-53)44-14-10-13-42(44)41-12-7-6-11-40(41)35(2)3/h6-7,11-12,15-17,22,27-30,35,38,42,44,63H,5,8-10,13-14,18-21,23-26,31-34H2,1-4H3,(H,54,56)(H,55,57)(H,58,62)/t38-,42-,44-,52+/m0/s1. The predicted octanol–water partition coefficient (Wildman–Crippen LogP) is 8.68. The highest BCUT2D eigenvalue weighted by Crippen LogP contribution is 2.49. The van der Waals surface area contributed by atoms with Crippen LogP contribution in [0.3, 0.4) is 0 Å². The molecule has 4 fully saturated rings. The lowest BCUT2D eigenvalue weighted by Crippen LogP contribution is -2.63. The number of amides is 1. The number of H-pyrrole nitrogens is 1. The first-order valence-electron chi connectivity index (χ1n) is 25.5. The first-order chi connectivity index (χ1) is 34.6. The molecule has 4 N–H and O–H groups in total. The maximum absolute atomic E-state index is 14.3. The smallest absolute Gasteiger partial charge is 0.312 e. The average Bonchev–Trinajstić information content (AvgIpc) is 4.05. The van der Waals surface area contributed by atoms with Crippen molar-refractivity contribution in [3.05, 3.63) is 99.9 Å². The SMILES string of the molecule is CC[C@@](C)(O)CCCCNc1ncc(S(=O)(=O)NC(=O)c2ccc(N3CCC4(CC3)CN([C@H]3CCC[C@H]3c3ccccc3C(C)C)C4)cc2Oc2cc3cc[nH]c3nc2OC[C@@H]2COCCO2)cc1[N+](=O)[O-]. The molecule has 9 rings (SSSR count). The van der Waals surface area contributed by atoms with E-state index in [4.69, 9.17) is 18.9 Å². The fraction of sp³-hybridized carbons (Fsp3) is 0.528. The molecule has 0 radical (unpaired) electrons. The molecule has 1 aliphatic carbocycles. The zero-order valence-corrected chi connectivity index (χ0v) is 42.5. The number of pyridine rings is 2. The molecule has 1 saturated carbocycles. The molecular formula is C53H68N8O10S. The van der Waals surface area contributed by atoms with Crippen molar-refractivity contribution >= 4 is 44.2 Å². The molecule has 3 aliphatic heterocycles. The largest absolute Gasteiger partial charge is 0.472 e. The fourth-order valence-corrected chi connectivity index (χ4v) is 11.8. The van der Waals surface area contributed by atoms with E-state index in [-0.39, 0.29) is 46.9 Å². The number of nitrogens with zero attached hydrogens (tertiary/aromatic N) is 5.